The van der Waals surface area contributed by atoms with Crippen LogP contribution in [0.3, 0.4) is 0 Å². The zero-order valence-electron chi connectivity index (χ0n) is 12.0. The Morgan fingerprint density at radius 3 is 2.10 bits per heavy atom. The first-order valence-electron chi connectivity index (χ1n) is 6.66. The minimum Gasteiger partial charge on any atom is -0.465 e. The van der Waals surface area contributed by atoms with E-state index in [1.807, 2.05) is 37.3 Å². The predicted molar refractivity (Wildman–Crippen MR) is 80.1 cm³/mol. The molecule has 4 nitrogen and oxygen atoms in total. The van der Waals surface area contributed by atoms with Gasteiger partial charge in [-0.25, -0.2) is 4.79 Å². The molecular weight excluding hydrogens is 266 g/mol. The third-order valence-electron chi connectivity index (χ3n) is 3.22. The van der Waals surface area contributed by atoms with Crippen molar-refractivity contribution in [2.45, 2.75) is 13.0 Å². The molecule has 1 N–H and O–H groups in total. The van der Waals surface area contributed by atoms with Gasteiger partial charge in [-0.1, -0.05) is 30.3 Å². The Morgan fingerprint density at radius 1 is 0.952 bits per heavy atom. The third kappa shape index (κ3) is 3.69. The Balaban J connectivity index is 2.05. The molecule has 2 aromatic carbocycles. The fourth-order valence-electron chi connectivity index (χ4n) is 1.98. The van der Waals surface area contributed by atoms with Gasteiger partial charge in [-0.3, -0.25) is 4.79 Å². The van der Waals surface area contributed by atoms with Gasteiger partial charge in [0, 0.05) is 5.56 Å². The van der Waals surface area contributed by atoms with E-state index in [9.17, 15) is 9.59 Å². The van der Waals surface area contributed by atoms with E-state index >= 15 is 0 Å². The van der Waals surface area contributed by atoms with Crippen molar-refractivity contribution in [2.75, 3.05) is 7.11 Å². The maximum atomic E-state index is 12.2. The van der Waals surface area contributed by atoms with E-state index in [2.05, 4.69) is 10.1 Å². The van der Waals surface area contributed by atoms with Crippen LogP contribution in [0.1, 0.15) is 39.2 Å². The first-order chi connectivity index (χ1) is 10.1. The minimum absolute atomic E-state index is 0.0843. The zero-order chi connectivity index (χ0) is 15.2. The van der Waals surface area contributed by atoms with Gasteiger partial charge in [0.2, 0.25) is 0 Å². The quantitative estimate of drug-likeness (QED) is 0.878. The van der Waals surface area contributed by atoms with Gasteiger partial charge in [0.25, 0.3) is 5.91 Å². The molecule has 0 aliphatic heterocycles. The Kier molecular flexibility index (Phi) is 4.72. The number of esters is 1. The van der Waals surface area contributed by atoms with Crippen molar-refractivity contribution in [3.63, 3.8) is 0 Å². The Labute approximate surface area is 123 Å². The zero-order valence-corrected chi connectivity index (χ0v) is 12.0. The van der Waals surface area contributed by atoms with Gasteiger partial charge in [0.1, 0.15) is 0 Å². The van der Waals surface area contributed by atoms with E-state index in [0.717, 1.165) is 5.56 Å². The summed E-state index contributed by atoms with van der Waals surface area (Å²) in [7, 11) is 1.32. The fraction of sp³-hybridized carbons (Fsp3) is 0.176. The Morgan fingerprint density at radius 2 is 1.52 bits per heavy atom. The van der Waals surface area contributed by atoms with Gasteiger partial charge >= 0.3 is 5.97 Å². The number of carbonyl (C=O) groups is 2. The maximum absolute atomic E-state index is 12.2. The lowest BCUT2D eigenvalue weighted by atomic mass is 10.1. The molecule has 0 aliphatic rings. The molecule has 2 rings (SSSR count). The normalized spacial score (nSPS) is 11.5. The number of hydrogen-bond donors (Lipinski definition) is 1. The SMILES string of the molecule is COC(=O)c1ccc(C(=O)N[C@H](C)c2ccccc2)cc1. The predicted octanol–water partition coefficient (Wildman–Crippen LogP) is 2.96. The van der Waals surface area contributed by atoms with Gasteiger partial charge in [0.15, 0.2) is 0 Å². The molecule has 0 spiro atoms. The number of amides is 1. The molecular formula is C17H17NO3. The summed E-state index contributed by atoms with van der Waals surface area (Å²) in [6.07, 6.45) is 0. The summed E-state index contributed by atoms with van der Waals surface area (Å²) in [5.41, 5.74) is 1.97. The topological polar surface area (TPSA) is 55.4 Å². The van der Waals surface area contributed by atoms with E-state index in [1.165, 1.54) is 7.11 Å². The molecule has 1 amide bonds. The molecule has 0 heterocycles. The van der Waals surface area contributed by atoms with Crippen molar-refractivity contribution in [1.29, 1.82) is 0 Å². The molecule has 4 heteroatoms. The number of hydrogen-bond acceptors (Lipinski definition) is 3. The highest BCUT2D eigenvalue weighted by molar-refractivity contribution is 5.96. The first-order valence-corrected chi connectivity index (χ1v) is 6.66. The van der Waals surface area contributed by atoms with Gasteiger partial charge in [-0.15, -0.1) is 0 Å². The Hall–Kier alpha value is -2.62. The van der Waals surface area contributed by atoms with Crippen LogP contribution in [0.15, 0.2) is 54.6 Å². The number of methoxy groups -OCH3 is 1. The minimum atomic E-state index is -0.417. The van der Waals surface area contributed by atoms with Crippen molar-refractivity contribution < 1.29 is 14.3 Å². The summed E-state index contributed by atoms with van der Waals surface area (Å²) >= 11 is 0. The van der Waals surface area contributed by atoms with Crippen LogP contribution < -0.4 is 5.32 Å². The summed E-state index contributed by atoms with van der Waals surface area (Å²) in [6.45, 7) is 1.93. The van der Waals surface area contributed by atoms with Crippen molar-refractivity contribution in [2.24, 2.45) is 0 Å². The number of rotatable bonds is 4. The lowest BCUT2D eigenvalue weighted by Crippen LogP contribution is -2.26. The summed E-state index contributed by atoms with van der Waals surface area (Å²) in [6, 6.07) is 16.0. The van der Waals surface area contributed by atoms with Crippen LogP contribution in [0.4, 0.5) is 0 Å². The van der Waals surface area contributed by atoms with Crippen molar-refractivity contribution in [3.8, 4) is 0 Å². The standard InChI is InChI=1S/C17H17NO3/c1-12(13-6-4-3-5-7-13)18-16(19)14-8-10-15(11-9-14)17(20)21-2/h3-12H,1-2H3,(H,18,19)/t12-/m1/s1. The smallest absolute Gasteiger partial charge is 0.337 e. The van der Waals surface area contributed by atoms with Crippen LogP contribution in [-0.2, 0) is 4.74 Å². The second kappa shape index (κ2) is 6.70. The Bertz CT molecular complexity index is 620. The summed E-state index contributed by atoms with van der Waals surface area (Å²) in [5.74, 6) is -0.595. The van der Waals surface area contributed by atoms with Crippen LogP contribution in [0.2, 0.25) is 0 Å². The highest BCUT2D eigenvalue weighted by Crippen LogP contribution is 2.13. The highest BCUT2D eigenvalue weighted by atomic mass is 16.5. The number of benzene rings is 2. The average molecular weight is 283 g/mol. The molecule has 0 aliphatic carbocycles. The average Bonchev–Trinajstić information content (AvgIpc) is 2.55. The number of carbonyl (C=O) groups excluding carboxylic acids is 2. The monoisotopic (exact) mass is 283 g/mol. The second-order valence-electron chi connectivity index (χ2n) is 4.67. The maximum Gasteiger partial charge on any atom is 0.337 e. The molecule has 21 heavy (non-hydrogen) atoms. The molecule has 0 fully saturated rings. The van der Waals surface area contributed by atoms with E-state index in [0.29, 0.717) is 11.1 Å². The van der Waals surface area contributed by atoms with Gasteiger partial charge < -0.3 is 10.1 Å². The van der Waals surface area contributed by atoms with Crippen LogP contribution in [0.25, 0.3) is 0 Å². The van der Waals surface area contributed by atoms with E-state index < -0.39 is 5.97 Å². The van der Waals surface area contributed by atoms with Crippen molar-refractivity contribution in [1.82, 2.24) is 5.32 Å². The van der Waals surface area contributed by atoms with Gasteiger partial charge in [-0.05, 0) is 36.8 Å². The van der Waals surface area contributed by atoms with Crippen molar-refractivity contribution in [3.05, 3.63) is 71.3 Å². The fourth-order valence-corrected chi connectivity index (χ4v) is 1.98. The third-order valence-corrected chi connectivity index (χ3v) is 3.22. The molecule has 0 bridgehead atoms. The summed E-state index contributed by atoms with van der Waals surface area (Å²) < 4.78 is 4.62. The molecule has 0 unspecified atom stereocenters. The van der Waals surface area contributed by atoms with E-state index in [4.69, 9.17) is 0 Å². The molecule has 108 valence electrons. The highest BCUT2D eigenvalue weighted by Gasteiger charge is 2.12. The van der Waals surface area contributed by atoms with E-state index in [1.54, 1.807) is 24.3 Å². The van der Waals surface area contributed by atoms with Gasteiger partial charge in [-0.2, -0.15) is 0 Å². The van der Waals surface area contributed by atoms with Crippen molar-refractivity contribution >= 4 is 11.9 Å². The molecule has 0 saturated heterocycles. The number of nitrogens with one attached hydrogen (secondary N) is 1. The summed E-state index contributed by atoms with van der Waals surface area (Å²) in [4.78, 5) is 23.5. The molecule has 0 aromatic heterocycles. The lowest BCUT2D eigenvalue weighted by Gasteiger charge is -2.14. The van der Waals surface area contributed by atoms with Gasteiger partial charge in [0.05, 0.1) is 18.7 Å². The summed E-state index contributed by atoms with van der Waals surface area (Å²) in [5, 5.41) is 2.92. The lowest BCUT2D eigenvalue weighted by molar-refractivity contribution is 0.0600. The van der Waals surface area contributed by atoms with Crippen LogP contribution in [-0.4, -0.2) is 19.0 Å². The van der Waals surface area contributed by atoms with Crippen LogP contribution >= 0.6 is 0 Å². The van der Waals surface area contributed by atoms with Crippen LogP contribution in [0.5, 0.6) is 0 Å². The largest absolute Gasteiger partial charge is 0.465 e. The second-order valence-corrected chi connectivity index (χ2v) is 4.67. The first kappa shape index (κ1) is 14.8. The molecule has 1 atom stereocenters. The molecule has 0 saturated carbocycles. The number of ether oxygens (including phenoxy) is 1. The van der Waals surface area contributed by atoms with E-state index in [-0.39, 0.29) is 11.9 Å². The molecule has 2 aromatic rings. The molecule has 0 radical (unpaired) electrons. The van der Waals surface area contributed by atoms with Crippen LogP contribution in [0, 0.1) is 0 Å².